The zero-order valence-corrected chi connectivity index (χ0v) is 10.9. The van der Waals surface area contributed by atoms with Gasteiger partial charge in [-0.15, -0.1) is 0 Å². The highest BCUT2D eigenvalue weighted by atomic mass is 16.2. The summed E-state index contributed by atoms with van der Waals surface area (Å²) in [7, 11) is 3.34. The third-order valence-corrected chi connectivity index (χ3v) is 3.55. The third-order valence-electron chi connectivity index (χ3n) is 3.55. The molecule has 3 atom stereocenters. The lowest BCUT2D eigenvalue weighted by molar-refractivity contribution is -0.133. The van der Waals surface area contributed by atoms with Gasteiger partial charge in [-0.25, -0.2) is 0 Å². The molecule has 1 fully saturated rings. The van der Waals surface area contributed by atoms with Gasteiger partial charge in [0.15, 0.2) is 0 Å². The molecule has 1 aliphatic carbocycles. The Morgan fingerprint density at radius 2 is 2.00 bits per heavy atom. The highest BCUT2D eigenvalue weighted by Crippen LogP contribution is 2.27. The minimum Gasteiger partial charge on any atom is -0.347 e. The van der Waals surface area contributed by atoms with Crippen molar-refractivity contribution in [2.45, 2.75) is 32.2 Å². The zero-order chi connectivity index (χ0) is 13.0. The largest absolute Gasteiger partial charge is 0.347 e. The first-order valence-electron chi connectivity index (χ1n) is 6.17. The van der Waals surface area contributed by atoms with Crippen LogP contribution in [0.15, 0.2) is 0 Å². The van der Waals surface area contributed by atoms with Crippen LogP contribution in [0, 0.1) is 11.8 Å². The van der Waals surface area contributed by atoms with Gasteiger partial charge in [-0.1, -0.05) is 13.3 Å². The van der Waals surface area contributed by atoms with Gasteiger partial charge in [-0.05, 0) is 18.8 Å². The zero-order valence-electron chi connectivity index (χ0n) is 10.9. The summed E-state index contributed by atoms with van der Waals surface area (Å²) in [4.78, 5) is 24.7. The standard InChI is InChI=1S/C12H23N3O2/c1-8-5-4-6-9(11(8)13)12(17)14-7-10(16)15(2)3/h8-9,11H,4-7,13H2,1-3H3,(H,14,17). The van der Waals surface area contributed by atoms with E-state index in [1.165, 1.54) is 4.90 Å². The Labute approximate surface area is 103 Å². The second-order valence-corrected chi connectivity index (χ2v) is 5.10. The fourth-order valence-electron chi connectivity index (χ4n) is 2.20. The molecule has 0 heterocycles. The van der Waals surface area contributed by atoms with E-state index in [0.29, 0.717) is 5.92 Å². The Morgan fingerprint density at radius 3 is 2.59 bits per heavy atom. The highest BCUT2D eigenvalue weighted by Gasteiger charge is 2.32. The normalized spacial score (nSPS) is 28.6. The number of hydrogen-bond acceptors (Lipinski definition) is 3. The van der Waals surface area contributed by atoms with E-state index in [4.69, 9.17) is 5.73 Å². The Balaban J connectivity index is 2.44. The maximum atomic E-state index is 11.9. The molecule has 1 rings (SSSR count). The van der Waals surface area contributed by atoms with Crippen molar-refractivity contribution >= 4 is 11.8 Å². The highest BCUT2D eigenvalue weighted by molar-refractivity contribution is 5.86. The van der Waals surface area contributed by atoms with Gasteiger partial charge in [0.2, 0.25) is 11.8 Å². The van der Waals surface area contributed by atoms with Crippen LogP contribution in [0.3, 0.4) is 0 Å². The lowest BCUT2D eigenvalue weighted by Gasteiger charge is -2.32. The van der Waals surface area contributed by atoms with Crippen LogP contribution in [-0.4, -0.2) is 43.4 Å². The fourth-order valence-corrected chi connectivity index (χ4v) is 2.20. The Bertz CT molecular complexity index is 291. The smallest absolute Gasteiger partial charge is 0.241 e. The molecule has 1 aliphatic rings. The van der Waals surface area contributed by atoms with Crippen LogP contribution in [0.4, 0.5) is 0 Å². The summed E-state index contributed by atoms with van der Waals surface area (Å²) in [6, 6.07) is -0.0850. The van der Waals surface area contributed by atoms with Gasteiger partial charge in [0.05, 0.1) is 12.5 Å². The number of nitrogens with zero attached hydrogens (tertiary/aromatic N) is 1. The van der Waals surface area contributed by atoms with Crippen LogP contribution in [0.1, 0.15) is 26.2 Å². The van der Waals surface area contributed by atoms with Crippen molar-refractivity contribution in [3.8, 4) is 0 Å². The van der Waals surface area contributed by atoms with Crippen LogP contribution in [-0.2, 0) is 9.59 Å². The molecular formula is C12H23N3O2. The van der Waals surface area contributed by atoms with Crippen LogP contribution in [0.5, 0.6) is 0 Å². The van der Waals surface area contributed by atoms with Gasteiger partial charge < -0.3 is 16.0 Å². The van der Waals surface area contributed by atoms with E-state index < -0.39 is 0 Å². The molecule has 3 N–H and O–H groups in total. The lowest BCUT2D eigenvalue weighted by atomic mass is 9.78. The van der Waals surface area contributed by atoms with Crippen LogP contribution in [0.2, 0.25) is 0 Å². The van der Waals surface area contributed by atoms with E-state index in [0.717, 1.165) is 19.3 Å². The molecule has 5 nitrogen and oxygen atoms in total. The first-order valence-corrected chi connectivity index (χ1v) is 6.17. The molecule has 0 aromatic rings. The van der Waals surface area contributed by atoms with Gasteiger partial charge in [0, 0.05) is 20.1 Å². The second-order valence-electron chi connectivity index (χ2n) is 5.10. The van der Waals surface area contributed by atoms with Crippen molar-refractivity contribution in [3.63, 3.8) is 0 Å². The summed E-state index contributed by atoms with van der Waals surface area (Å²) in [5.41, 5.74) is 6.03. The minimum atomic E-state index is -0.145. The fraction of sp³-hybridized carbons (Fsp3) is 0.833. The average Bonchev–Trinajstić information content (AvgIpc) is 2.29. The number of nitrogens with one attached hydrogen (secondary N) is 1. The van der Waals surface area contributed by atoms with Crippen molar-refractivity contribution in [1.82, 2.24) is 10.2 Å². The van der Waals surface area contributed by atoms with E-state index in [1.807, 2.05) is 0 Å². The van der Waals surface area contributed by atoms with Gasteiger partial charge in [0.25, 0.3) is 0 Å². The Kier molecular flexibility index (Phi) is 4.93. The SMILES string of the molecule is CC1CCCC(C(=O)NCC(=O)N(C)C)C1N. The first kappa shape index (κ1) is 14.0. The van der Waals surface area contributed by atoms with E-state index >= 15 is 0 Å². The monoisotopic (exact) mass is 241 g/mol. The molecule has 0 aromatic carbocycles. The van der Waals surface area contributed by atoms with E-state index in [2.05, 4.69) is 12.2 Å². The molecule has 17 heavy (non-hydrogen) atoms. The number of nitrogens with two attached hydrogens (primary N) is 1. The quantitative estimate of drug-likeness (QED) is 0.727. The second kappa shape index (κ2) is 6.00. The molecule has 0 saturated heterocycles. The van der Waals surface area contributed by atoms with Crippen molar-refractivity contribution in [1.29, 1.82) is 0 Å². The number of carbonyl (C=O) groups is 2. The summed E-state index contributed by atoms with van der Waals surface area (Å²) in [6.07, 6.45) is 2.95. The Hall–Kier alpha value is -1.10. The van der Waals surface area contributed by atoms with Crippen LogP contribution in [0.25, 0.3) is 0 Å². The van der Waals surface area contributed by atoms with E-state index in [-0.39, 0.29) is 30.3 Å². The molecule has 1 saturated carbocycles. The Morgan fingerprint density at radius 1 is 1.35 bits per heavy atom. The molecule has 98 valence electrons. The number of likely N-dealkylation sites (N-methyl/N-ethyl adjacent to an activating group) is 1. The summed E-state index contributed by atoms with van der Waals surface area (Å²) in [6.45, 7) is 2.14. The molecule has 0 spiro atoms. The molecule has 0 aromatic heterocycles. The minimum absolute atomic E-state index is 0.0590. The van der Waals surface area contributed by atoms with Gasteiger partial charge in [-0.3, -0.25) is 9.59 Å². The molecular weight excluding hydrogens is 218 g/mol. The number of carbonyl (C=O) groups excluding carboxylic acids is 2. The predicted octanol–water partition coefficient (Wildman–Crippen LogP) is -0.0457. The van der Waals surface area contributed by atoms with Crippen molar-refractivity contribution in [3.05, 3.63) is 0 Å². The van der Waals surface area contributed by atoms with Crippen molar-refractivity contribution < 1.29 is 9.59 Å². The molecule has 2 amide bonds. The summed E-state index contributed by atoms with van der Waals surface area (Å²) < 4.78 is 0. The third kappa shape index (κ3) is 3.70. The van der Waals surface area contributed by atoms with Crippen molar-refractivity contribution in [2.24, 2.45) is 17.6 Å². The molecule has 0 radical (unpaired) electrons. The first-order chi connectivity index (χ1) is 7.93. The molecule has 0 aliphatic heterocycles. The summed E-state index contributed by atoms with van der Waals surface area (Å²) in [5, 5.41) is 2.67. The van der Waals surface area contributed by atoms with Crippen molar-refractivity contribution in [2.75, 3.05) is 20.6 Å². The van der Waals surface area contributed by atoms with Gasteiger partial charge in [-0.2, -0.15) is 0 Å². The predicted molar refractivity (Wildman–Crippen MR) is 66.2 cm³/mol. The average molecular weight is 241 g/mol. The van der Waals surface area contributed by atoms with E-state index in [1.54, 1.807) is 14.1 Å². The summed E-state index contributed by atoms with van der Waals surface area (Å²) in [5.74, 6) is 0.0489. The van der Waals surface area contributed by atoms with Gasteiger partial charge >= 0.3 is 0 Å². The summed E-state index contributed by atoms with van der Waals surface area (Å²) >= 11 is 0. The molecule has 0 bridgehead atoms. The molecule has 3 unspecified atom stereocenters. The topological polar surface area (TPSA) is 75.4 Å². The number of hydrogen-bond donors (Lipinski definition) is 2. The maximum absolute atomic E-state index is 11.9. The van der Waals surface area contributed by atoms with E-state index in [9.17, 15) is 9.59 Å². The molecule has 5 heteroatoms. The maximum Gasteiger partial charge on any atom is 0.241 e. The van der Waals surface area contributed by atoms with Crippen LogP contribution >= 0.6 is 0 Å². The lowest BCUT2D eigenvalue weighted by Crippen LogP contribution is -2.49. The van der Waals surface area contributed by atoms with Gasteiger partial charge in [0.1, 0.15) is 0 Å². The number of amides is 2. The number of rotatable bonds is 3. The van der Waals surface area contributed by atoms with Crippen LogP contribution < -0.4 is 11.1 Å².